The fourth-order valence-corrected chi connectivity index (χ4v) is 3.46. The number of aromatic nitrogens is 1. The number of carbonyl (C=O) groups is 3. The van der Waals surface area contributed by atoms with Crippen molar-refractivity contribution < 1.29 is 23.9 Å². The van der Waals surface area contributed by atoms with Crippen molar-refractivity contribution in [3.8, 4) is 5.75 Å². The van der Waals surface area contributed by atoms with Crippen LogP contribution in [0.4, 0.5) is 10.5 Å². The van der Waals surface area contributed by atoms with Gasteiger partial charge in [0.25, 0.3) is 0 Å². The molecule has 0 aliphatic carbocycles. The highest BCUT2D eigenvalue weighted by Gasteiger charge is 2.23. The van der Waals surface area contributed by atoms with Gasteiger partial charge >= 0.3 is 6.09 Å². The second-order valence-electron chi connectivity index (χ2n) is 9.83. The number of rotatable bonds is 11. The maximum atomic E-state index is 12.4. The number of hydrogen-bond acceptors (Lipinski definition) is 7. The maximum Gasteiger partial charge on any atom is 0.408 e. The topological polar surface area (TPSA) is 131 Å². The molecular formula is C26H39N5O5. The van der Waals surface area contributed by atoms with Crippen molar-refractivity contribution in [3.63, 3.8) is 0 Å². The maximum absolute atomic E-state index is 12.4. The standard InChI is InChI=1S/C26H39N5O5/c1-16(29-21-15-20(35-7)14-19-11-9-12-27-22(19)21)10-8-13-28-23(32)17(2)30-24(33)18(3)31-25(34)36-26(4,5)6/h9,11-12,14-18,29H,8,10,13H2,1-7H3,(H,28,32)(H,30,33)(H,31,34)/t16?,17-,18-/m0/s1. The minimum atomic E-state index is -0.843. The molecule has 0 saturated carbocycles. The van der Waals surface area contributed by atoms with E-state index in [0.717, 1.165) is 35.2 Å². The van der Waals surface area contributed by atoms with E-state index >= 15 is 0 Å². The highest BCUT2D eigenvalue weighted by Crippen LogP contribution is 2.28. The molecule has 0 bridgehead atoms. The van der Waals surface area contributed by atoms with E-state index in [1.165, 1.54) is 6.92 Å². The number of nitrogens with one attached hydrogen (secondary N) is 4. The second kappa shape index (κ2) is 12.9. The average Bonchev–Trinajstić information content (AvgIpc) is 2.80. The highest BCUT2D eigenvalue weighted by molar-refractivity contribution is 5.92. The number of carbonyl (C=O) groups excluding carboxylic acids is 3. The number of benzene rings is 1. The molecule has 0 aliphatic heterocycles. The van der Waals surface area contributed by atoms with Gasteiger partial charge in [-0.1, -0.05) is 6.07 Å². The van der Waals surface area contributed by atoms with Gasteiger partial charge in [0.2, 0.25) is 11.8 Å². The van der Waals surface area contributed by atoms with E-state index in [-0.39, 0.29) is 11.9 Å². The van der Waals surface area contributed by atoms with Crippen molar-refractivity contribution in [1.82, 2.24) is 20.9 Å². The molecule has 0 aliphatic rings. The SMILES string of the molecule is COc1cc(NC(C)CCCNC(=O)[C@H](C)NC(=O)[C@H](C)NC(=O)OC(C)(C)C)c2ncccc2c1. The summed E-state index contributed by atoms with van der Waals surface area (Å²) in [6.45, 7) is 10.9. The van der Waals surface area contributed by atoms with Crippen LogP contribution in [0.1, 0.15) is 54.4 Å². The highest BCUT2D eigenvalue weighted by atomic mass is 16.6. The molecule has 198 valence electrons. The van der Waals surface area contributed by atoms with Crippen LogP contribution in [0.5, 0.6) is 5.75 Å². The van der Waals surface area contributed by atoms with E-state index < -0.39 is 29.7 Å². The third-order valence-corrected chi connectivity index (χ3v) is 5.31. The van der Waals surface area contributed by atoms with Crippen molar-refractivity contribution in [1.29, 1.82) is 0 Å². The summed E-state index contributed by atoms with van der Waals surface area (Å²) in [5.74, 6) is -0.0130. The normalized spacial score (nSPS) is 13.8. The number of anilines is 1. The van der Waals surface area contributed by atoms with Crippen LogP contribution in [-0.2, 0) is 14.3 Å². The van der Waals surface area contributed by atoms with Crippen LogP contribution in [0, 0.1) is 0 Å². The Morgan fingerprint density at radius 2 is 1.72 bits per heavy atom. The van der Waals surface area contributed by atoms with Crippen LogP contribution in [0.15, 0.2) is 30.5 Å². The molecule has 1 aromatic heterocycles. The van der Waals surface area contributed by atoms with Gasteiger partial charge in [-0.3, -0.25) is 14.6 Å². The van der Waals surface area contributed by atoms with E-state index in [0.29, 0.717) is 6.54 Å². The third kappa shape index (κ3) is 9.24. The van der Waals surface area contributed by atoms with Crippen molar-refractivity contribution >= 4 is 34.5 Å². The Labute approximate surface area is 212 Å². The molecule has 1 unspecified atom stereocenters. The number of amides is 3. The molecule has 0 spiro atoms. The minimum Gasteiger partial charge on any atom is -0.497 e. The summed E-state index contributed by atoms with van der Waals surface area (Å²) in [7, 11) is 1.63. The second-order valence-corrected chi connectivity index (χ2v) is 9.83. The molecule has 3 atom stereocenters. The Morgan fingerprint density at radius 3 is 2.39 bits per heavy atom. The lowest BCUT2D eigenvalue weighted by atomic mass is 10.1. The van der Waals surface area contributed by atoms with Crippen LogP contribution >= 0.6 is 0 Å². The fourth-order valence-electron chi connectivity index (χ4n) is 3.46. The van der Waals surface area contributed by atoms with Gasteiger partial charge in [-0.25, -0.2) is 4.79 Å². The lowest BCUT2D eigenvalue weighted by molar-refractivity contribution is -0.129. The van der Waals surface area contributed by atoms with Gasteiger partial charge in [-0.15, -0.1) is 0 Å². The molecule has 0 fully saturated rings. The molecule has 36 heavy (non-hydrogen) atoms. The number of alkyl carbamates (subject to hydrolysis) is 1. The Hall–Kier alpha value is -3.56. The number of fused-ring (bicyclic) bond motifs is 1. The molecule has 1 heterocycles. The van der Waals surface area contributed by atoms with Crippen molar-refractivity contribution in [2.45, 2.75) is 78.1 Å². The quantitative estimate of drug-likeness (QED) is 0.347. The number of nitrogens with zero attached hydrogens (tertiary/aromatic N) is 1. The molecule has 4 N–H and O–H groups in total. The van der Waals surface area contributed by atoms with Crippen molar-refractivity contribution in [2.75, 3.05) is 19.0 Å². The van der Waals surface area contributed by atoms with Gasteiger partial charge in [-0.2, -0.15) is 0 Å². The Kier molecular flexibility index (Phi) is 10.3. The summed E-state index contributed by atoms with van der Waals surface area (Å²) >= 11 is 0. The zero-order valence-corrected chi connectivity index (χ0v) is 22.2. The molecule has 2 aromatic rings. The van der Waals surface area contributed by atoms with Crippen LogP contribution < -0.4 is 26.0 Å². The Balaban J connectivity index is 1.75. The summed E-state index contributed by atoms with van der Waals surface area (Å²) < 4.78 is 10.5. The van der Waals surface area contributed by atoms with E-state index in [9.17, 15) is 14.4 Å². The lowest BCUT2D eigenvalue weighted by Crippen LogP contribution is -2.52. The number of methoxy groups -OCH3 is 1. The largest absolute Gasteiger partial charge is 0.497 e. The summed E-state index contributed by atoms with van der Waals surface area (Å²) in [5, 5.41) is 12.4. The molecular weight excluding hydrogens is 462 g/mol. The third-order valence-electron chi connectivity index (χ3n) is 5.31. The van der Waals surface area contributed by atoms with Crippen LogP contribution in [0.25, 0.3) is 10.9 Å². The molecule has 2 rings (SSSR count). The summed E-state index contributed by atoms with van der Waals surface area (Å²) in [4.78, 5) is 41.0. The average molecular weight is 502 g/mol. The van der Waals surface area contributed by atoms with Crippen LogP contribution in [-0.4, -0.2) is 60.3 Å². The molecule has 10 heteroatoms. The van der Waals surface area contributed by atoms with Gasteiger partial charge in [-0.05, 0) is 66.5 Å². The van der Waals surface area contributed by atoms with E-state index in [4.69, 9.17) is 9.47 Å². The summed E-state index contributed by atoms with van der Waals surface area (Å²) in [5.41, 5.74) is 1.10. The molecule has 10 nitrogen and oxygen atoms in total. The zero-order valence-electron chi connectivity index (χ0n) is 22.2. The zero-order chi connectivity index (χ0) is 26.9. The van der Waals surface area contributed by atoms with Gasteiger partial charge < -0.3 is 30.7 Å². The van der Waals surface area contributed by atoms with Crippen molar-refractivity contribution in [3.05, 3.63) is 30.5 Å². The van der Waals surface area contributed by atoms with E-state index in [1.807, 2.05) is 24.3 Å². The predicted octanol–water partition coefficient (Wildman–Crippen LogP) is 3.36. The monoisotopic (exact) mass is 501 g/mol. The molecule has 0 radical (unpaired) electrons. The smallest absolute Gasteiger partial charge is 0.408 e. The van der Waals surface area contributed by atoms with Crippen molar-refractivity contribution in [2.24, 2.45) is 0 Å². The first kappa shape index (κ1) is 28.7. The number of ether oxygens (including phenoxy) is 2. The van der Waals surface area contributed by atoms with Gasteiger partial charge in [0, 0.05) is 30.2 Å². The van der Waals surface area contributed by atoms with Crippen LogP contribution in [0.3, 0.4) is 0 Å². The minimum absolute atomic E-state index is 0.135. The van der Waals surface area contributed by atoms with Gasteiger partial charge in [0.05, 0.1) is 18.3 Å². The van der Waals surface area contributed by atoms with E-state index in [2.05, 4.69) is 33.2 Å². The molecule has 3 amide bonds. The Morgan fingerprint density at radius 1 is 1.03 bits per heavy atom. The Bertz CT molecular complexity index is 1050. The molecule has 1 aromatic carbocycles. The number of hydrogen-bond donors (Lipinski definition) is 4. The summed E-state index contributed by atoms with van der Waals surface area (Å²) in [6.07, 6.45) is 2.62. The van der Waals surface area contributed by atoms with Gasteiger partial charge in [0.15, 0.2) is 0 Å². The first-order chi connectivity index (χ1) is 16.9. The lowest BCUT2D eigenvalue weighted by Gasteiger charge is -2.22. The molecule has 0 saturated heterocycles. The first-order valence-corrected chi connectivity index (χ1v) is 12.2. The predicted molar refractivity (Wildman–Crippen MR) is 140 cm³/mol. The fraction of sp³-hybridized carbons (Fsp3) is 0.538. The summed E-state index contributed by atoms with van der Waals surface area (Å²) in [6, 6.07) is 6.30. The van der Waals surface area contributed by atoms with Crippen LogP contribution in [0.2, 0.25) is 0 Å². The van der Waals surface area contributed by atoms with Gasteiger partial charge in [0.1, 0.15) is 23.4 Å². The van der Waals surface area contributed by atoms with E-state index in [1.54, 1.807) is 41.0 Å². The first-order valence-electron chi connectivity index (χ1n) is 12.2. The number of pyridine rings is 1.